The lowest BCUT2D eigenvalue weighted by Crippen LogP contribution is -2.43. The lowest BCUT2D eigenvalue weighted by molar-refractivity contribution is -0.149. The molecular formula is C20H20ClN3O5. The highest BCUT2D eigenvalue weighted by Gasteiger charge is 2.12. The Kier molecular flexibility index (Phi) is 8.17. The highest BCUT2D eigenvalue weighted by Crippen LogP contribution is 2.20. The molecule has 8 nitrogen and oxygen atoms in total. The second-order valence-corrected chi connectivity index (χ2v) is 6.45. The minimum atomic E-state index is -0.716. The third kappa shape index (κ3) is 7.63. The first kappa shape index (κ1) is 21.9. The number of benzene rings is 2. The lowest BCUT2D eigenvalue weighted by Gasteiger charge is -2.09. The molecule has 0 radical (unpaired) electrons. The Morgan fingerprint density at radius 2 is 1.66 bits per heavy atom. The van der Waals surface area contributed by atoms with Crippen LogP contribution in [0, 0.1) is 6.92 Å². The van der Waals surface area contributed by atoms with E-state index in [2.05, 4.69) is 16.2 Å². The van der Waals surface area contributed by atoms with Crippen LogP contribution in [0.5, 0.6) is 0 Å². The second-order valence-electron chi connectivity index (χ2n) is 6.04. The molecule has 9 heteroatoms. The van der Waals surface area contributed by atoms with E-state index in [1.165, 1.54) is 0 Å². The molecule has 29 heavy (non-hydrogen) atoms. The number of nitrogens with one attached hydrogen (secondary N) is 3. The maximum atomic E-state index is 11.9. The predicted octanol–water partition coefficient (Wildman–Crippen LogP) is 2.37. The highest BCUT2D eigenvalue weighted by molar-refractivity contribution is 6.31. The summed E-state index contributed by atoms with van der Waals surface area (Å²) in [5.74, 6) is -2.31. The smallest absolute Gasteiger partial charge is 0.306 e. The van der Waals surface area contributed by atoms with E-state index in [1.54, 1.807) is 48.5 Å². The van der Waals surface area contributed by atoms with E-state index in [1.807, 2.05) is 6.92 Å². The molecule has 0 heterocycles. The predicted molar refractivity (Wildman–Crippen MR) is 107 cm³/mol. The van der Waals surface area contributed by atoms with E-state index in [9.17, 15) is 19.2 Å². The number of carbonyl (C=O) groups is 4. The molecule has 0 bridgehead atoms. The van der Waals surface area contributed by atoms with Crippen molar-refractivity contribution in [3.05, 3.63) is 64.7 Å². The van der Waals surface area contributed by atoms with E-state index in [4.69, 9.17) is 16.3 Å². The normalized spacial score (nSPS) is 10.0. The molecule has 3 amide bonds. The number of halogens is 1. The summed E-state index contributed by atoms with van der Waals surface area (Å²) in [5, 5.41) is 3.14. The van der Waals surface area contributed by atoms with Gasteiger partial charge >= 0.3 is 5.97 Å². The molecule has 2 rings (SSSR count). The fraction of sp³-hybridized carbons (Fsp3) is 0.200. The number of amides is 3. The Bertz CT molecular complexity index is 902. The van der Waals surface area contributed by atoms with Gasteiger partial charge in [0.2, 0.25) is 5.91 Å². The quantitative estimate of drug-likeness (QED) is 0.472. The van der Waals surface area contributed by atoms with Crippen LogP contribution >= 0.6 is 11.6 Å². The largest absolute Gasteiger partial charge is 0.455 e. The molecule has 3 N–H and O–H groups in total. The first-order valence-corrected chi connectivity index (χ1v) is 9.09. The highest BCUT2D eigenvalue weighted by atomic mass is 35.5. The van der Waals surface area contributed by atoms with Crippen LogP contribution in [0.2, 0.25) is 5.02 Å². The molecule has 2 aromatic rings. The maximum Gasteiger partial charge on any atom is 0.306 e. The number of hydrazine groups is 1. The van der Waals surface area contributed by atoms with Gasteiger partial charge in [-0.3, -0.25) is 30.0 Å². The number of carbonyl (C=O) groups excluding carboxylic acids is 4. The molecule has 152 valence electrons. The Hall–Kier alpha value is -3.39. The summed E-state index contributed by atoms with van der Waals surface area (Å²) in [4.78, 5) is 46.9. The van der Waals surface area contributed by atoms with Gasteiger partial charge in [-0.25, -0.2) is 0 Å². The van der Waals surface area contributed by atoms with E-state index >= 15 is 0 Å². The first-order chi connectivity index (χ1) is 13.8. The fourth-order valence-electron chi connectivity index (χ4n) is 2.15. The Labute approximate surface area is 172 Å². The lowest BCUT2D eigenvalue weighted by atomic mass is 10.2. The van der Waals surface area contributed by atoms with Crippen molar-refractivity contribution in [3.63, 3.8) is 0 Å². The van der Waals surface area contributed by atoms with Gasteiger partial charge in [0, 0.05) is 22.7 Å². The molecule has 0 spiro atoms. The Balaban J connectivity index is 1.64. The Morgan fingerprint density at radius 1 is 0.931 bits per heavy atom. The average Bonchev–Trinajstić information content (AvgIpc) is 2.72. The molecule has 0 aliphatic heterocycles. The molecule has 0 aliphatic rings. The van der Waals surface area contributed by atoms with Gasteiger partial charge in [-0.2, -0.15) is 0 Å². The minimum absolute atomic E-state index is 0.114. The molecule has 0 aromatic heterocycles. The average molecular weight is 418 g/mol. The van der Waals surface area contributed by atoms with Crippen molar-refractivity contribution in [3.8, 4) is 0 Å². The molecule has 0 fully saturated rings. The number of ether oxygens (including phenoxy) is 1. The molecule has 0 saturated carbocycles. The summed E-state index contributed by atoms with van der Waals surface area (Å²) < 4.78 is 4.77. The van der Waals surface area contributed by atoms with Crippen LogP contribution in [0.3, 0.4) is 0 Å². The third-order valence-corrected chi connectivity index (χ3v) is 4.13. The molecule has 0 saturated heterocycles. The summed E-state index contributed by atoms with van der Waals surface area (Å²) in [6, 6.07) is 13.4. The molecule has 0 aliphatic carbocycles. The number of rotatable bonds is 7. The zero-order valence-electron chi connectivity index (χ0n) is 15.7. The van der Waals surface area contributed by atoms with Crippen LogP contribution in [-0.2, 0) is 19.1 Å². The van der Waals surface area contributed by atoms with Crippen molar-refractivity contribution in [2.75, 3.05) is 11.9 Å². The number of hydrogen-bond donors (Lipinski definition) is 3. The van der Waals surface area contributed by atoms with E-state index < -0.39 is 24.4 Å². The summed E-state index contributed by atoms with van der Waals surface area (Å²) in [5.41, 5.74) is 6.11. The van der Waals surface area contributed by atoms with E-state index in [0.717, 1.165) is 5.56 Å². The van der Waals surface area contributed by atoms with Crippen LogP contribution in [-0.4, -0.2) is 30.3 Å². The summed E-state index contributed by atoms with van der Waals surface area (Å²) >= 11 is 5.99. The van der Waals surface area contributed by atoms with Gasteiger partial charge in [0.05, 0.1) is 6.42 Å². The monoisotopic (exact) mass is 417 g/mol. The van der Waals surface area contributed by atoms with Crippen LogP contribution in [0.4, 0.5) is 5.69 Å². The van der Waals surface area contributed by atoms with Crippen molar-refractivity contribution in [1.29, 1.82) is 0 Å². The van der Waals surface area contributed by atoms with Crippen LogP contribution in [0.15, 0.2) is 48.5 Å². The molecule has 0 unspecified atom stereocenters. The van der Waals surface area contributed by atoms with E-state index in [0.29, 0.717) is 16.3 Å². The minimum Gasteiger partial charge on any atom is -0.455 e. The first-order valence-electron chi connectivity index (χ1n) is 8.71. The second kappa shape index (κ2) is 10.8. The van der Waals surface area contributed by atoms with Crippen molar-refractivity contribution in [1.82, 2.24) is 10.9 Å². The zero-order chi connectivity index (χ0) is 21.2. The standard InChI is InChI=1S/C20H20ClN3O5/c1-13-7-8-15(11-16(13)21)22-17(25)9-10-19(27)29-12-18(26)23-24-20(28)14-5-3-2-4-6-14/h2-8,11H,9-10,12H2,1H3,(H,22,25)(H,23,26)(H,24,28). The topological polar surface area (TPSA) is 114 Å². The van der Waals surface area contributed by atoms with Crippen molar-refractivity contribution in [2.24, 2.45) is 0 Å². The van der Waals surface area contributed by atoms with Crippen molar-refractivity contribution in [2.45, 2.75) is 19.8 Å². The van der Waals surface area contributed by atoms with Crippen LogP contribution < -0.4 is 16.2 Å². The zero-order valence-corrected chi connectivity index (χ0v) is 16.4. The number of aryl methyl sites for hydroxylation is 1. The van der Waals surface area contributed by atoms with Crippen molar-refractivity contribution < 1.29 is 23.9 Å². The molecular weight excluding hydrogens is 398 g/mol. The molecule has 0 atom stereocenters. The maximum absolute atomic E-state index is 11.9. The number of anilines is 1. The van der Waals surface area contributed by atoms with Gasteiger partial charge in [0.25, 0.3) is 11.8 Å². The van der Waals surface area contributed by atoms with Gasteiger partial charge in [0.15, 0.2) is 6.61 Å². The van der Waals surface area contributed by atoms with Crippen LogP contribution in [0.25, 0.3) is 0 Å². The fourth-order valence-corrected chi connectivity index (χ4v) is 2.33. The van der Waals surface area contributed by atoms with Gasteiger partial charge in [0.1, 0.15) is 0 Å². The van der Waals surface area contributed by atoms with Gasteiger partial charge < -0.3 is 10.1 Å². The Morgan fingerprint density at radius 3 is 2.34 bits per heavy atom. The third-order valence-electron chi connectivity index (χ3n) is 3.73. The number of esters is 1. The SMILES string of the molecule is Cc1ccc(NC(=O)CCC(=O)OCC(=O)NNC(=O)c2ccccc2)cc1Cl. The van der Waals surface area contributed by atoms with E-state index in [-0.39, 0.29) is 18.7 Å². The van der Waals surface area contributed by atoms with Gasteiger partial charge in [-0.1, -0.05) is 35.9 Å². The van der Waals surface area contributed by atoms with Gasteiger partial charge in [-0.15, -0.1) is 0 Å². The summed E-state index contributed by atoms with van der Waals surface area (Å²) in [6.45, 7) is 1.26. The summed E-state index contributed by atoms with van der Waals surface area (Å²) in [6.07, 6.45) is -0.314. The number of hydrogen-bond acceptors (Lipinski definition) is 5. The van der Waals surface area contributed by atoms with Crippen LogP contribution in [0.1, 0.15) is 28.8 Å². The van der Waals surface area contributed by atoms with Gasteiger partial charge in [-0.05, 0) is 36.8 Å². The summed E-state index contributed by atoms with van der Waals surface area (Å²) in [7, 11) is 0. The molecule has 2 aromatic carbocycles. The van der Waals surface area contributed by atoms with Crippen molar-refractivity contribution >= 4 is 41.0 Å².